The summed E-state index contributed by atoms with van der Waals surface area (Å²) in [7, 11) is 0. The first-order valence-corrected chi connectivity index (χ1v) is 15.6. The molecule has 0 saturated heterocycles. The molecule has 7 rings (SSSR count). The molecule has 4 aromatic carbocycles. The van der Waals surface area contributed by atoms with Gasteiger partial charge in [-0.15, -0.1) is 0 Å². The van der Waals surface area contributed by atoms with Gasteiger partial charge in [0.15, 0.2) is 0 Å². The molecule has 4 aromatic rings. The van der Waals surface area contributed by atoms with Crippen molar-refractivity contribution in [2.45, 2.75) is 21.6 Å². The van der Waals surface area contributed by atoms with Gasteiger partial charge in [0.25, 0.3) is 0 Å². The van der Waals surface area contributed by atoms with Crippen LogP contribution in [0.25, 0.3) is 12.2 Å². The Labute approximate surface area is 248 Å². The van der Waals surface area contributed by atoms with Crippen LogP contribution >= 0.6 is 34.4 Å². The van der Waals surface area contributed by atoms with Crippen LogP contribution in [0.4, 0.5) is 0 Å². The van der Waals surface area contributed by atoms with Gasteiger partial charge in [-0.2, -0.15) is 0 Å². The molecular weight excluding hydrogens is 681 g/mol. The summed E-state index contributed by atoms with van der Waals surface area (Å²) in [6.07, 6.45) is 5.11. The average Bonchev–Trinajstić information content (AvgIpc) is 3.40. The van der Waals surface area contributed by atoms with E-state index in [4.69, 9.17) is 0 Å². The van der Waals surface area contributed by atoms with Crippen molar-refractivity contribution in [2.75, 3.05) is 0 Å². The summed E-state index contributed by atoms with van der Waals surface area (Å²) < 4.78 is 4.75. The van der Waals surface area contributed by atoms with E-state index in [0.29, 0.717) is 11.8 Å². The van der Waals surface area contributed by atoms with Crippen molar-refractivity contribution in [2.24, 2.45) is 0 Å². The molecule has 6 bridgehead atoms. The Morgan fingerprint density at radius 3 is 2.29 bits per heavy atom. The van der Waals surface area contributed by atoms with E-state index < -0.39 is 23.2 Å². The SMILES string of the molecule is Ic1cccc2c1C(c1ccccc1)[C]([Zr+2][C]1=Cc3c4cccc3C1c1cccc(c1)S4)=C2.[Cl-].[Cl-]. The average molecular weight is 701 g/mol. The zero-order chi connectivity index (χ0) is 21.9. The number of allylic oxidation sites excluding steroid dienone is 2. The van der Waals surface area contributed by atoms with Crippen LogP contribution in [0.2, 0.25) is 0 Å². The van der Waals surface area contributed by atoms with Crippen molar-refractivity contribution in [3.63, 3.8) is 0 Å². The molecule has 0 spiro atoms. The maximum Gasteiger partial charge on any atom is -1.00 e. The van der Waals surface area contributed by atoms with Gasteiger partial charge < -0.3 is 24.8 Å². The minimum atomic E-state index is -1.01. The molecule has 5 heteroatoms. The van der Waals surface area contributed by atoms with Crippen LogP contribution in [-0.2, 0) is 23.2 Å². The second-order valence-corrected chi connectivity index (χ2v) is 14.5. The summed E-state index contributed by atoms with van der Waals surface area (Å²) in [4.78, 5) is 2.77. The van der Waals surface area contributed by atoms with E-state index in [1.807, 2.05) is 11.8 Å². The van der Waals surface area contributed by atoms with Gasteiger partial charge in [0, 0.05) is 0 Å². The van der Waals surface area contributed by atoms with Crippen molar-refractivity contribution in [1.82, 2.24) is 0 Å². The molecule has 1 heterocycles. The van der Waals surface area contributed by atoms with Gasteiger partial charge in [-0.25, -0.2) is 0 Å². The van der Waals surface area contributed by atoms with Crippen LogP contribution in [0.3, 0.4) is 0 Å². The van der Waals surface area contributed by atoms with E-state index in [9.17, 15) is 0 Å². The quantitative estimate of drug-likeness (QED) is 0.297. The van der Waals surface area contributed by atoms with E-state index in [1.165, 1.54) is 46.7 Å². The number of hydrogen-bond donors (Lipinski definition) is 0. The van der Waals surface area contributed by atoms with Crippen LogP contribution in [0.1, 0.15) is 45.2 Å². The molecule has 1 aliphatic heterocycles. The second kappa shape index (κ2) is 10.3. The third kappa shape index (κ3) is 4.36. The monoisotopic (exact) mass is 698 g/mol. The Morgan fingerprint density at radius 2 is 1.43 bits per heavy atom. The third-order valence-corrected chi connectivity index (χ3v) is 12.4. The summed E-state index contributed by atoms with van der Waals surface area (Å²) in [6, 6.07) is 34.1. The third-order valence-electron chi connectivity index (χ3n) is 6.86. The van der Waals surface area contributed by atoms with Crippen molar-refractivity contribution in [1.29, 1.82) is 0 Å². The predicted molar refractivity (Wildman–Crippen MR) is 142 cm³/mol. The van der Waals surface area contributed by atoms with Crippen molar-refractivity contribution in [3.8, 4) is 0 Å². The number of hydrogen-bond acceptors (Lipinski definition) is 1. The Balaban J connectivity index is 0.00000127. The van der Waals surface area contributed by atoms with E-state index in [1.54, 1.807) is 6.56 Å². The fourth-order valence-electron chi connectivity index (χ4n) is 5.47. The normalized spacial score (nSPS) is 18.1. The molecule has 2 atom stereocenters. The Bertz CT molecular complexity index is 1500. The molecule has 0 aromatic heterocycles. The Kier molecular flexibility index (Phi) is 7.55. The van der Waals surface area contributed by atoms with E-state index in [0.717, 1.165) is 0 Å². The number of benzene rings is 4. The predicted octanol–water partition coefficient (Wildman–Crippen LogP) is 2.52. The summed E-state index contributed by atoms with van der Waals surface area (Å²) in [6.45, 7) is 0. The van der Waals surface area contributed by atoms with Crippen molar-refractivity contribution >= 4 is 46.5 Å². The number of rotatable bonds is 3. The Hall–Kier alpha value is -1.10. The van der Waals surface area contributed by atoms with Crippen molar-refractivity contribution in [3.05, 3.63) is 135 Å². The van der Waals surface area contributed by atoms with Gasteiger partial charge in [-0.3, -0.25) is 0 Å². The Morgan fingerprint density at radius 1 is 0.686 bits per heavy atom. The molecule has 0 saturated carbocycles. The molecule has 0 N–H and O–H groups in total. The first kappa shape index (κ1) is 25.5. The molecular formula is C30H19Cl2ISZr. The summed E-state index contributed by atoms with van der Waals surface area (Å²) in [5.41, 5.74) is 8.80. The van der Waals surface area contributed by atoms with E-state index in [-0.39, 0.29) is 24.8 Å². The number of halogens is 3. The van der Waals surface area contributed by atoms with Gasteiger partial charge in [0.1, 0.15) is 0 Å². The molecule has 0 radical (unpaired) electrons. The molecule has 0 amide bonds. The zero-order valence-electron chi connectivity index (χ0n) is 18.5. The second-order valence-electron chi connectivity index (χ2n) is 8.78. The number of fused-ring (bicyclic) bond motifs is 4. The summed E-state index contributed by atoms with van der Waals surface area (Å²) in [5.74, 6) is 0.823. The summed E-state index contributed by atoms with van der Waals surface area (Å²) in [5, 5.41) is 0. The molecule has 2 unspecified atom stereocenters. The van der Waals surface area contributed by atoms with Crippen LogP contribution < -0.4 is 24.8 Å². The zero-order valence-corrected chi connectivity index (χ0v) is 25.5. The van der Waals surface area contributed by atoms with Crippen LogP contribution in [0.5, 0.6) is 0 Å². The molecule has 35 heavy (non-hydrogen) atoms. The largest absolute Gasteiger partial charge is 1.00 e. The summed E-state index contributed by atoms with van der Waals surface area (Å²) >= 11 is 3.44. The van der Waals surface area contributed by atoms with E-state index >= 15 is 0 Å². The van der Waals surface area contributed by atoms with Crippen LogP contribution in [0, 0.1) is 3.57 Å². The van der Waals surface area contributed by atoms with E-state index in [2.05, 4.69) is 126 Å². The smallest absolute Gasteiger partial charge is 1.00 e. The fourth-order valence-corrected chi connectivity index (χ4v) is 11.5. The first-order valence-electron chi connectivity index (χ1n) is 11.2. The maximum absolute atomic E-state index is 2.57. The molecule has 0 nitrogen and oxygen atoms in total. The minimum Gasteiger partial charge on any atom is -1.00 e. The standard InChI is InChI=1S/C15H10I.C15H9S.2ClH.Zr/c16-14-8-4-7-12-9-10-13(15(12)14)11-5-2-1-3-6-11;1-3-10-9-11(4-1)16-15-6-2-5-13-12(10)7-8-14(13)15;;;/h1-9,13H;1-6,8-9,12H;2*1H;/q;;;;+2/p-2. The van der Waals surface area contributed by atoms with Gasteiger partial charge in [-0.05, 0) is 0 Å². The fraction of sp³-hybridized carbons (Fsp3) is 0.0667. The molecule has 170 valence electrons. The molecule has 0 fully saturated rings. The van der Waals surface area contributed by atoms with Crippen molar-refractivity contribution < 1.29 is 48.0 Å². The van der Waals surface area contributed by atoms with Gasteiger partial charge in [-0.1, -0.05) is 0 Å². The molecule has 3 aliphatic rings. The topological polar surface area (TPSA) is 0 Å². The maximum atomic E-state index is 2.57. The van der Waals surface area contributed by atoms with Crippen LogP contribution in [-0.4, -0.2) is 0 Å². The minimum absolute atomic E-state index is 0. The first-order chi connectivity index (χ1) is 16.3. The van der Waals surface area contributed by atoms with Gasteiger partial charge >= 0.3 is 226 Å². The molecule has 2 aliphatic carbocycles. The van der Waals surface area contributed by atoms with Gasteiger partial charge in [0.2, 0.25) is 0 Å². The van der Waals surface area contributed by atoms with Crippen LogP contribution in [0.15, 0.2) is 107 Å². The van der Waals surface area contributed by atoms with Gasteiger partial charge in [0.05, 0.1) is 0 Å².